The molecule has 4 nitrogen and oxygen atoms in total. The Labute approximate surface area is 105 Å². The van der Waals surface area contributed by atoms with Gasteiger partial charge in [0, 0.05) is 11.6 Å². The Kier molecular flexibility index (Phi) is 3.30. The maximum absolute atomic E-state index is 5.28. The van der Waals surface area contributed by atoms with Gasteiger partial charge in [-0.25, -0.2) is 0 Å². The number of hydrogen-bond acceptors (Lipinski definition) is 3. The van der Waals surface area contributed by atoms with Crippen LogP contribution in [0.1, 0.15) is 11.3 Å². The number of hydrogen-bond donors (Lipinski definition) is 2. The van der Waals surface area contributed by atoms with Gasteiger partial charge in [-0.05, 0) is 30.1 Å². The first-order chi connectivity index (χ1) is 8.18. The van der Waals surface area contributed by atoms with Crippen LogP contribution in [0.2, 0.25) is 0 Å². The van der Waals surface area contributed by atoms with E-state index in [9.17, 15) is 0 Å². The zero-order chi connectivity index (χ0) is 12.3. The van der Waals surface area contributed by atoms with Gasteiger partial charge < -0.3 is 5.73 Å². The zero-order valence-corrected chi connectivity index (χ0v) is 10.2. The molecule has 0 atom stereocenters. The number of thiocarbonyl (C=S) groups is 1. The number of aryl methyl sites for hydroxylation is 1. The van der Waals surface area contributed by atoms with Gasteiger partial charge in [-0.3, -0.25) is 10.4 Å². The van der Waals surface area contributed by atoms with Crippen LogP contribution >= 0.6 is 12.2 Å². The van der Waals surface area contributed by atoms with Gasteiger partial charge >= 0.3 is 0 Å². The summed E-state index contributed by atoms with van der Waals surface area (Å²) in [5.74, 6) is 0. The monoisotopic (exact) mass is 244 g/mol. The second-order valence-corrected chi connectivity index (χ2v) is 4.05. The van der Waals surface area contributed by atoms with Crippen molar-refractivity contribution < 1.29 is 0 Å². The molecule has 1 aromatic carbocycles. The van der Waals surface area contributed by atoms with Crippen molar-refractivity contribution in [2.75, 3.05) is 0 Å². The Bertz CT molecular complexity index is 592. The molecular formula is C12H12N4S. The summed E-state index contributed by atoms with van der Waals surface area (Å²) >= 11 is 4.66. The zero-order valence-electron chi connectivity index (χ0n) is 9.34. The summed E-state index contributed by atoms with van der Waals surface area (Å²) in [6.45, 7) is 2.03. The average Bonchev–Trinajstić information content (AvgIpc) is 2.32. The molecule has 0 amide bonds. The van der Waals surface area contributed by atoms with Crippen LogP contribution in [-0.2, 0) is 0 Å². The molecule has 0 aliphatic carbocycles. The molecule has 3 N–H and O–H groups in total. The molecule has 2 aromatic rings. The molecule has 0 aliphatic heterocycles. The summed E-state index contributed by atoms with van der Waals surface area (Å²) in [5.41, 5.74) is 9.72. The van der Waals surface area contributed by atoms with Crippen LogP contribution in [0.25, 0.3) is 10.8 Å². The van der Waals surface area contributed by atoms with Crippen LogP contribution in [0, 0.1) is 6.92 Å². The van der Waals surface area contributed by atoms with Crippen molar-refractivity contribution in [3.8, 4) is 0 Å². The lowest BCUT2D eigenvalue weighted by Crippen LogP contribution is -2.24. The smallest absolute Gasteiger partial charge is 0.184 e. The van der Waals surface area contributed by atoms with E-state index >= 15 is 0 Å². The summed E-state index contributed by atoms with van der Waals surface area (Å²) < 4.78 is 0. The molecule has 0 bridgehead atoms. The maximum atomic E-state index is 5.28. The SMILES string of the molecule is Cc1cnc(/C=N/NC(N)=S)c2ccccc12. The van der Waals surface area contributed by atoms with Crippen molar-refractivity contribution in [1.82, 2.24) is 10.4 Å². The van der Waals surface area contributed by atoms with E-state index in [0.29, 0.717) is 0 Å². The molecule has 0 saturated carbocycles. The lowest BCUT2D eigenvalue weighted by molar-refractivity contribution is 1.04. The molecule has 17 heavy (non-hydrogen) atoms. The maximum Gasteiger partial charge on any atom is 0.184 e. The number of fused-ring (bicyclic) bond motifs is 1. The summed E-state index contributed by atoms with van der Waals surface area (Å²) in [6, 6.07) is 8.05. The Balaban J connectivity index is 2.45. The minimum absolute atomic E-state index is 0.137. The van der Waals surface area contributed by atoms with Gasteiger partial charge in [0.05, 0.1) is 11.9 Å². The van der Waals surface area contributed by atoms with Crippen LogP contribution < -0.4 is 11.2 Å². The van der Waals surface area contributed by atoms with Gasteiger partial charge in [-0.1, -0.05) is 24.3 Å². The highest BCUT2D eigenvalue weighted by molar-refractivity contribution is 7.80. The normalized spacial score (nSPS) is 10.9. The van der Waals surface area contributed by atoms with E-state index in [4.69, 9.17) is 5.73 Å². The van der Waals surface area contributed by atoms with Crippen LogP contribution in [0.5, 0.6) is 0 Å². The van der Waals surface area contributed by atoms with E-state index in [-0.39, 0.29) is 5.11 Å². The second-order valence-electron chi connectivity index (χ2n) is 3.61. The first-order valence-electron chi connectivity index (χ1n) is 5.11. The number of nitrogens with one attached hydrogen (secondary N) is 1. The van der Waals surface area contributed by atoms with Crippen molar-refractivity contribution in [3.05, 3.63) is 41.7 Å². The predicted molar refractivity (Wildman–Crippen MR) is 74.0 cm³/mol. The lowest BCUT2D eigenvalue weighted by Gasteiger charge is -2.04. The van der Waals surface area contributed by atoms with Crippen molar-refractivity contribution in [2.45, 2.75) is 6.92 Å². The second kappa shape index (κ2) is 4.88. The Morgan fingerprint density at radius 3 is 2.82 bits per heavy atom. The fourth-order valence-electron chi connectivity index (χ4n) is 1.62. The molecule has 0 radical (unpaired) electrons. The van der Waals surface area contributed by atoms with Crippen molar-refractivity contribution in [3.63, 3.8) is 0 Å². The number of benzene rings is 1. The van der Waals surface area contributed by atoms with E-state index < -0.39 is 0 Å². The van der Waals surface area contributed by atoms with Gasteiger partial charge in [-0.2, -0.15) is 5.10 Å². The quantitative estimate of drug-likeness (QED) is 0.479. The number of nitrogens with zero attached hydrogens (tertiary/aromatic N) is 2. The van der Waals surface area contributed by atoms with Gasteiger partial charge in [0.15, 0.2) is 5.11 Å². The van der Waals surface area contributed by atoms with Crippen LogP contribution in [-0.4, -0.2) is 16.3 Å². The predicted octanol–water partition coefficient (Wildman–Crippen LogP) is 1.71. The third-order valence-corrected chi connectivity index (χ3v) is 2.48. The average molecular weight is 244 g/mol. The Morgan fingerprint density at radius 2 is 2.12 bits per heavy atom. The fraction of sp³-hybridized carbons (Fsp3) is 0.0833. The number of aromatic nitrogens is 1. The van der Waals surface area contributed by atoms with E-state index in [1.54, 1.807) is 6.21 Å². The van der Waals surface area contributed by atoms with Crippen LogP contribution in [0.3, 0.4) is 0 Å². The van der Waals surface area contributed by atoms with E-state index in [0.717, 1.165) is 16.6 Å². The number of pyridine rings is 1. The molecule has 0 fully saturated rings. The molecule has 0 aliphatic rings. The molecule has 1 heterocycles. The summed E-state index contributed by atoms with van der Waals surface area (Å²) in [7, 11) is 0. The number of hydrazone groups is 1. The highest BCUT2D eigenvalue weighted by Crippen LogP contribution is 2.18. The lowest BCUT2D eigenvalue weighted by atomic mass is 10.1. The van der Waals surface area contributed by atoms with Crippen molar-refractivity contribution in [1.29, 1.82) is 0 Å². The topological polar surface area (TPSA) is 63.3 Å². The Morgan fingerprint density at radius 1 is 1.41 bits per heavy atom. The van der Waals surface area contributed by atoms with E-state index in [1.807, 2.05) is 31.3 Å². The van der Waals surface area contributed by atoms with Gasteiger partial charge in [-0.15, -0.1) is 0 Å². The largest absolute Gasteiger partial charge is 0.375 e. The standard InChI is InChI=1S/C12H12N4S/c1-8-6-14-11(7-15-16-12(13)17)10-5-3-2-4-9(8)10/h2-7H,1H3,(H3,13,16,17)/b15-7+. The molecule has 86 valence electrons. The van der Waals surface area contributed by atoms with Gasteiger partial charge in [0.25, 0.3) is 0 Å². The van der Waals surface area contributed by atoms with Crippen molar-refractivity contribution >= 4 is 34.3 Å². The van der Waals surface area contributed by atoms with Crippen LogP contribution in [0.4, 0.5) is 0 Å². The van der Waals surface area contributed by atoms with E-state index in [2.05, 4.69) is 33.8 Å². The fourth-order valence-corrected chi connectivity index (χ4v) is 1.67. The molecule has 2 rings (SSSR count). The van der Waals surface area contributed by atoms with Gasteiger partial charge in [0.1, 0.15) is 0 Å². The number of rotatable bonds is 2. The third-order valence-electron chi connectivity index (χ3n) is 2.39. The molecule has 5 heteroatoms. The number of nitrogens with two attached hydrogens (primary N) is 1. The molecule has 0 saturated heterocycles. The highest BCUT2D eigenvalue weighted by Gasteiger charge is 2.01. The molecular weight excluding hydrogens is 232 g/mol. The first kappa shape index (κ1) is 11.5. The first-order valence-corrected chi connectivity index (χ1v) is 5.52. The summed E-state index contributed by atoms with van der Waals surface area (Å²) in [4.78, 5) is 4.33. The van der Waals surface area contributed by atoms with Crippen LogP contribution in [0.15, 0.2) is 35.6 Å². The molecule has 1 aromatic heterocycles. The van der Waals surface area contributed by atoms with Crippen molar-refractivity contribution in [2.24, 2.45) is 10.8 Å². The summed E-state index contributed by atoms with van der Waals surface area (Å²) in [5, 5.41) is 6.28. The molecule has 0 spiro atoms. The molecule has 0 unspecified atom stereocenters. The minimum Gasteiger partial charge on any atom is -0.375 e. The highest BCUT2D eigenvalue weighted by atomic mass is 32.1. The summed E-state index contributed by atoms with van der Waals surface area (Å²) in [6.07, 6.45) is 3.44. The minimum atomic E-state index is 0.137. The van der Waals surface area contributed by atoms with Gasteiger partial charge in [0.2, 0.25) is 0 Å². The third kappa shape index (κ3) is 2.57. The van der Waals surface area contributed by atoms with E-state index in [1.165, 1.54) is 5.39 Å². The Hall–Kier alpha value is -2.01.